The summed E-state index contributed by atoms with van der Waals surface area (Å²) in [6, 6.07) is 7.61. The average Bonchev–Trinajstić information content (AvgIpc) is 2.36. The van der Waals surface area contributed by atoms with Gasteiger partial charge in [0, 0.05) is 12.1 Å². The van der Waals surface area contributed by atoms with E-state index < -0.39 is 0 Å². The van der Waals surface area contributed by atoms with Crippen LogP contribution in [0.3, 0.4) is 0 Å². The summed E-state index contributed by atoms with van der Waals surface area (Å²) in [5, 5.41) is 12.8. The first-order valence-corrected chi connectivity index (χ1v) is 7.02. The Balaban J connectivity index is 1.95. The molecule has 3 nitrogen and oxygen atoms in total. The SMILES string of the molecule is Cc1ccccc1C(=O)NC[C@]1(C)CCC[C@H](O)C1. The van der Waals surface area contributed by atoms with E-state index in [2.05, 4.69) is 12.2 Å². The van der Waals surface area contributed by atoms with Crippen molar-refractivity contribution in [2.45, 2.75) is 45.6 Å². The van der Waals surface area contributed by atoms with E-state index in [1.165, 1.54) is 0 Å². The van der Waals surface area contributed by atoms with Crippen LogP contribution in [0.4, 0.5) is 0 Å². The fourth-order valence-corrected chi connectivity index (χ4v) is 2.91. The normalized spacial score (nSPS) is 27.0. The zero-order valence-electron chi connectivity index (χ0n) is 11.8. The van der Waals surface area contributed by atoms with Crippen molar-refractivity contribution in [3.8, 4) is 0 Å². The van der Waals surface area contributed by atoms with Gasteiger partial charge in [0.2, 0.25) is 0 Å². The fourth-order valence-electron chi connectivity index (χ4n) is 2.91. The molecule has 1 aromatic rings. The summed E-state index contributed by atoms with van der Waals surface area (Å²) in [5.41, 5.74) is 1.76. The summed E-state index contributed by atoms with van der Waals surface area (Å²) >= 11 is 0. The van der Waals surface area contributed by atoms with Gasteiger partial charge in [-0.25, -0.2) is 0 Å². The highest BCUT2D eigenvalue weighted by molar-refractivity contribution is 5.95. The predicted molar refractivity (Wildman–Crippen MR) is 76.1 cm³/mol. The molecule has 2 atom stereocenters. The second-order valence-electron chi connectivity index (χ2n) is 6.06. The molecule has 0 heterocycles. The maximum absolute atomic E-state index is 12.2. The van der Waals surface area contributed by atoms with E-state index in [9.17, 15) is 9.90 Å². The third-order valence-electron chi connectivity index (χ3n) is 4.11. The van der Waals surface area contributed by atoms with Crippen molar-refractivity contribution in [2.24, 2.45) is 5.41 Å². The number of aliphatic hydroxyl groups is 1. The summed E-state index contributed by atoms with van der Waals surface area (Å²) in [4.78, 5) is 12.2. The zero-order chi connectivity index (χ0) is 13.9. The quantitative estimate of drug-likeness (QED) is 0.879. The van der Waals surface area contributed by atoms with Gasteiger partial charge in [0.25, 0.3) is 5.91 Å². The van der Waals surface area contributed by atoms with Crippen LogP contribution in [0.15, 0.2) is 24.3 Å². The van der Waals surface area contributed by atoms with Crippen LogP contribution in [0.2, 0.25) is 0 Å². The van der Waals surface area contributed by atoms with Crippen molar-refractivity contribution in [3.05, 3.63) is 35.4 Å². The van der Waals surface area contributed by atoms with Crippen molar-refractivity contribution in [2.75, 3.05) is 6.54 Å². The Hall–Kier alpha value is -1.35. The molecular formula is C16H23NO2. The summed E-state index contributed by atoms with van der Waals surface area (Å²) < 4.78 is 0. The third kappa shape index (κ3) is 3.57. The van der Waals surface area contributed by atoms with Crippen LogP contribution >= 0.6 is 0 Å². The Morgan fingerprint density at radius 1 is 1.47 bits per heavy atom. The van der Waals surface area contributed by atoms with Gasteiger partial charge < -0.3 is 10.4 Å². The first-order chi connectivity index (χ1) is 9.00. The van der Waals surface area contributed by atoms with Crippen LogP contribution in [0.25, 0.3) is 0 Å². The molecule has 104 valence electrons. The lowest BCUT2D eigenvalue weighted by Gasteiger charge is -2.36. The molecule has 1 aliphatic carbocycles. The first-order valence-electron chi connectivity index (χ1n) is 7.02. The Bertz CT molecular complexity index is 458. The van der Waals surface area contributed by atoms with E-state index in [0.29, 0.717) is 6.54 Å². The van der Waals surface area contributed by atoms with Crippen molar-refractivity contribution in [3.63, 3.8) is 0 Å². The zero-order valence-corrected chi connectivity index (χ0v) is 11.8. The Labute approximate surface area is 115 Å². The van der Waals surface area contributed by atoms with E-state index in [-0.39, 0.29) is 17.4 Å². The minimum Gasteiger partial charge on any atom is -0.393 e. The molecule has 1 fully saturated rings. The number of nitrogens with one attached hydrogen (secondary N) is 1. The van der Waals surface area contributed by atoms with Crippen LogP contribution in [-0.4, -0.2) is 23.7 Å². The van der Waals surface area contributed by atoms with Gasteiger partial charge in [-0.1, -0.05) is 31.5 Å². The number of hydrogen-bond acceptors (Lipinski definition) is 2. The first kappa shape index (κ1) is 14.1. The number of benzene rings is 1. The topological polar surface area (TPSA) is 49.3 Å². The van der Waals surface area contributed by atoms with Crippen molar-refractivity contribution in [1.82, 2.24) is 5.32 Å². The maximum atomic E-state index is 12.2. The van der Waals surface area contributed by atoms with Crippen LogP contribution in [0.1, 0.15) is 48.5 Å². The second kappa shape index (κ2) is 5.74. The molecule has 3 heteroatoms. The molecule has 0 radical (unpaired) electrons. The predicted octanol–water partition coefficient (Wildman–Crippen LogP) is 2.67. The van der Waals surface area contributed by atoms with E-state index >= 15 is 0 Å². The molecule has 1 saturated carbocycles. The van der Waals surface area contributed by atoms with Gasteiger partial charge in [0.05, 0.1) is 6.10 Å². The van der Waals surface area contributed by atoms with Gasteiger partial charge in [-0.2, -0.15) is 0 Å². The molecule has 0 saturated heterocycles. The van der Waals surface area contributed by atoms with Crippen molar-refractivity contribution in [1.29, 1.82) is 0 Å². The second-order valence-corrected chi connectivity index (χ2v) is 6.06. The van der Waals surface area contributed by atoms with E-state index in [1.54, 1.807) is 0 Å². The van der Waals surface area contributed by atoms with Gasteiger partial charge in [-0.15, -0.1) is 0 Å². The van der Waals surface area contributed by atoms with Gasteiger partial charge in [-0.3, -0.25) is 4.79 Å². The molecular weight excluding hydrogens is 238 g/mol. The highest BCUT2D eigenvalue weighted by atomic mass is 16.3. The maximum Gasteiger partial charge on any atom is 0.251 e. The lowest BCUT2D eigenvalue weighted by atomic mass is 9.74. The molecule has 1 aromatic carbocycles. The number of rotatable bonds is 3. The number of aryl methyl sites for hydroxylation is 1. The number of hydrogen-bond donors (Lipinski definition) is 2. The number of amides is 1. The molecule has 19 heavy (non-hydrogen) atoms. The molecule has 0 unspecified atom stereocenters. The van der Waals surface area contributed by atoms with Crippen molar-refractivity contribution < 1.29 is 9.90 Å². The van der Waals surface area contributed by atoms with Gasteiger partial charge in [0.1, 0.15) is 0 Å². The third-order valence-corrected chi connectivity index (χ3v) is 4.11. The van der Waals surface area contributed by atoms with Crippen molar-refractivity contribution >= 4 is 5.91 Å². The summed E-state index contributed by atoms with van der Waals surface area (Å²) in [7, 11) is 0. The average molecular weight is 261 g/mol. The van der Waals surface area contributed by atoms with E-state index in [1.807, 2.05) is 31.2 Å². The fraction of sp³-hybridized carbons (Fsp3) is 0.562. The lowest BCUT2D eigenvalue weighted by Crippen LogP contribution is -2.40. The molecule has 1 amide bonds. The van der Waals surface area contributed by atoms with Gasteiger partial charge in [-0.05, 0) is 43.2 Å². The molecule has 2 N–H and O–H groups in total. The minimum atomic E-state index is -0.214. The molecule has 0 bridgehead atoms. The van der Waals surface area contributed by atoms with Crippen LogP contribution in [0, 0.1) is 12.3 Å². The van der Waals surface area contributed by atoms with Crippen LogP contribution in [-0.2, 0) is 0 Å². The summed E-state index contributed by atoms with van der Waals surface area (Å²) in [5.74, 6) is -0.0145. The number of carbonyl (C=O) groups excluding carboxylic acids is 1. The molecule has 1 aliphatic rings. The smallest absolute Gasteiger partial charge is 0.251 e. The Kier molecular flexibility index (Phi) is 4.25. The molecule has 0 aromatic heterocycles. The van der Waals surface area contributed by atoms with Crippen LogP contribution < -0.4 is 5.32 Å². The molecule has 0 aliphatic heterocycles. The molecule has 2 rings (SSSR count). The van der Waals surface area contributed by atoms with Gasteiger partial charge in [0.15, 0.2) is 0 Å². The highest BCUT2D eigenvalue weighted by Crippen LogP contribution is 2.35. The highest BCUT2D eigenvalue weighted by Gasteiger charge is 2.31. The number of aliphatic hydroxyl groups excluding tert-OH is 1. The largest absolute Gasteiger partial charge is 0.393 e. The Morgan fingerprint density at radius 3 is 2.89 bits per heavy atom. The van der Waals surface area contributed by atoms with Crippen LogP contribution in [0.5, 0.6) is 0 Å². The summed E-state index contributed by atoms with van der Waals surface area (Å²) in [6.45, 7) is 4.73. The standard InChI is InChI=1S/C16H23NO2/c1-12-6-3-4-8-14(12)15(19)17-11-16(2)9-5-7-13(18)10-16/h3-4,6,8,13,18H,5,7,9-11H2,1-2H3,(H,17,19)/t13-,16+/m0/s1. The van der Waals surface area contributed by atoms with E-state index in [0.717, 1.165) is 36.8 Å². The monoisotopic (exact) mass is 261 g/mol. The lowest BCUT2D eigenvalue weighted by molar-refractivity contribution is 0.0540. The summed E-state index contributed by atoms with van der Waals surface area (Å²) in [6.07, 6.45) is 3.56. The molecule has 0 spiro atoms. The van der Waals surface area contributed by atoms with E-state index in [4.69, 9.17) is 0 Å². The number of carbonyl (C=O) groups is 1. The minimum absolute atomic E-state index is 0.0145. The van der Waals surface area contributed by atoms with Gasteiger partial charge >= 0.3 is 0 Å². The Morgan fingerprint density at radius 2 is 2.21 bits per heavy atom.